The first-order valence-corrected chi connectivity index (χ1v) is 12.4. The second-order valence-electron chi connectivity index (χ2n) is 9.69. The molecule has 0 saturated carbocycles. The van der Waals surface area contributed by atoms with Crippen LogP contribution < -0.4 is 16.0 Å². The quantitative estimate of drug-likeness (QED) is 0.460. The highest BCUT2D eigenvalue weighted by atomic mass is 19.1. The fraction of sp³-hybridized carbons (Fsp3) is 0.370. The highest BCUT2D eigenvalue weighted by Crippen LogP contribution is 2.33. The van der Waals surface area contributed by atoms with Crippen molar-refractivity contribution in [1.29, 1.82) is 0 Å². The van der Waals surface area contributed by atoms with Crippen LogP contribution >= 0.6 is 0 Å². The fourth-order valence-corrected chi connectivity index (χ4v) is 4.77. The van der Waals surface area contributed by atoms with Crippen LogP contribution in [0.1, 0.15) is 41.8 Å². The van der Waals surface area contributed by atoms with E-state index >= 15 is 0 Å². The van der Waals surface area contributed by atoms with Crippen molar-refractivity contribution >= 4 is 29.4 Å². The third-order valence-electron chi connectivity index (χ3n) is 6.89. The van der Waals surface area contributed by atoms with Crippen molar-refractivity contribution in [3.05, 3.63) is 70.9 Å². The maximum Gasteiger partial charge on any atom is 0.325 e. The molecule has 0 radical (unpaired) electrons. The Morgan fingerprint density at radius 1 is 1.24 bits per heavy atom. The summed E-state index contributed by atoms with van der Waals surface area (Å²) in [6.45, 7) is 5.29. The molecule has 1 aliphatic heterocycles. The minimum absolute atomic E-state index is 0.216. The number of benzene rings is 1. The standard InChI is InChI=1S/C27H32FN7O3/c1-6-22(18-8-7-15(2)21(28)12-18)32-27(38)35-24(26(37)34(5)19-13-30-33(4)14-19)20(25(35)36)10-17-9-16(3)31-23(29)11-17/h7-9,11-14,20,22,24H,6,10H2,1-5H3,(H2,29,31)(H,32,38)/t20-,22?,24+/m1/s1. The Morgan fingerprint density at radius 3 is 2.58 bits per heavy atom. The second-order valence-corrected chi connectivity index (χ2v) is 9.69. The van der Waals surface area contributed by atoms with Crippen LogP contribution in [0.15, 0.2) is 42.7 Å². The molecule has 1 saturated heterocycles. The normalized spacial score (nSPS) is 17.6. The van der Waals surface area contributed by atoms with Gasteiger partial charge in [-0.25, -0.2) is 14.2 Å². The number of nitrogens with zero attached hydrogens (tertiary/aromatic N) is 5. The van der Waals surface area contributed by atoms with Crippen LogP contribution in [0.25, 0.3) is 0 Å². The summed E-state index contributed by atoms with van der Waals surface area (Å²) in [5, 5.41) is 6.92. The third-order valence-corrected chi connectivity index (χ3v) is 6.89. The number of imide groups is 1. The number of aryl methyl sites for hydroxylation is 3. The molecule has 3 aromatic rings. The molecule has 11 heteroatoms. The topological polar surface area (TPSA) is 126 Å². The van der Waals surface area contributed by atoms with Gasteiger partial charge in [0, 0.05) is 26.0 Å². The number of rotatable bonds is 7. The van der Waals surface area contributed by atoms with Gasteiger partial charge in [-0.05, 0) is 61.6 Å². The van der Waals surface area contributed by atoms with E-state index in [0.29, 0.717) is 34.7 Å². The molecule has 4 amide bonds. The van der Waals surface area contributed by atoms with E-state index in [-0.39, 0.29) is 12.2 Å². The van der Waals surface area contributed by atoms with E-state index in [9.17, 15) is 18.8 Å². The van der Waals surface area contributed by atoms with Crippen LogP contribution in [0, 0.1) is 25.6 Å². The number of pyridine rings is 1. The van der Waals surface area contributed by atoms with E-state index in [1.165, 1.54) is 17.2 Å². The molecule has 0 aliphatic carbocycles. The molecule has 3 heterocycles. The Hall–Kier alpha value is -4.28. The van der Waals surface area contributed by atoms with Crippen molar-refractivity contribution in [3.63, 3.8) is 0 Å². The number of anilines is 2. The van der Waals surface area contributed by atoms with Crippen molar-refractivity contribution in [2.45, 2.75) is 45.7 Å². The zero-order chi connectivity index (χ0) is 27.7. The zero-order valence-corrected chi connectivity index (χ0v) is 22.1. The third kappa shape index (κ3) is 5.22. The predicted molar refractivity (Wildman–Crippen MR) is 141 cm³/mol. The number of nitrogens with one attached hydrogen (secondary N) is 1. The Labute approximate surface area is 220 Å². The zero-order valence-electron chi connectivity index (χ0n) is 22.1. The molecule has 10 nitrogen and oxygen atoms in total. The number of carbonyl (C=O) groups excluding carboxylic acids is 3. The summed E-state index contributed by atoms with van der Waals surface area (Å²) >= 11 is 0. The van der Waals surface area contributed by atoms with Gasteiger partial charge in [-0.1, -0.05) is 19.1 Å². The number of carbonyl (C=O) groups is 3. The molecule has 0 bridgehead atoms. The van der Waals surface area contributed by atoms with E-state index in [4.69, 9.17) is 5.73 Å². The summed E-state index contributed by atoms with van der Waals surface area (Å²) in [6, 6.07) is 5.92. The molecule has 38 heavy (non-hydrogen) atoms. The van der Waals surface area contributed by atoms with E-state index in [1.807, 2.05) is 6.92 Å². The Kier molecular flexibility index (Phi) is 7.47. The summed E-state index contributed by atoms with van der Waals surface area (Å²) in [5.41, 5.74) is 8.92. The molecule has 1 fully saturated rings. The average molecular weight is 522 g/mol. The lowest BCUT2D eigenvalue weighted by Crippen LogP contribution is -2.70. The van der Waals surface area contributed by atoms with E-state index in [2.05, 4.69) is 15.4 Å². The summed E-state index contributed by atoms with van der Waals surface area (Å²) < 4.78 is 15.8. The van der Waals surface area contributed by atoms with Crippen molar-refractivity contribution in [1.82, 2.24) is 25.0 Å². The number of aromatic nitrogens is 3. The number of urea groups is 1. The van der Waals surface area contributed by atoms with Gasteiger partial charge >= 0.3 is 6.03 Å². The lowest BCUT2D eigenvalue weighted by Gasteiger charge is -2.46. The predicted octanol–water partition coefficient (Wildman–Crippen LogP) is 3.05. The molecule has 1 unspecified atom stereocenters. The molecule has 3 atom stereocenters. The highest BCUT2D eigenvalue weighted by molar-refractivity contribution is 6.12. The van der Waals surface area contributed by atoms with Gasteiger partial charge in [0.05, 0.1) is 23.8 Å². The van der Waals surface area contributed by atoms with Crippen LogP contribution in [0.2, 0.25) is 0 Å². The molecule has 4 rings (SSSR count). The number of likely N-dealkylation sites (tertiary alicyclic amines) is 1. The summed E-state index contributed by atoms with van der Waals surface area (Å²) in [6.07, 6.45) is 3.88. The van der Waals surface area contributed by atoms with Gasteiger partial charge in [-0.15, -0.1) is 0 Å². The first kappa shape index (κ1) is 26.8. The molecular formula is C27H32FN7O3. The van der Waals surface area contributed by atoms with Crippen LogP contribution in [0.5, 0.6) is 0 Å². The summed E-state index contributed by atoms with van der Waals surface area (Å²) in [4.78, 5) is 46.9. The van der Waals surface area contributed by atoms with Crippen LogP contribution in [-0.2, 0) is 23.1 Å². The second kappa shape index (κ2) is 10.6. The van der Waals surface area contributed by atoms with Gasteiger partial charge < -0.3 is 16.0 Å². The van der Waals surface area contributed by atoms with E-state index < -0.39 is 35.8 Å². The minimum Gasteiger partial charge on any atom is -0.384 e. The van der Waals surface area contributed by atoms with Crippen LogP contribution in [-0.4, -0.2) is 50.6 Å². The maximum absolute atomic E-state index is 14.2. The van der Waals surface area contributed by atoms with Gasteiger partial charge in [-0.2, -0.15) is 5.10 Å². The number of halogens is 1. The Bertz CT molecular complexity index is 1370. The van der Waals surface area contributed by atoms with Gasteiger partial charge in [0.25, 0.3) is 5.91 Å². The molecule has 3 N–H and O–H groups in total. The maximum atomic E-state index is 14.2. The van der Waals surface area contributed by atoms with Crippen molar-refractivity contribution in [2.24, 2.45) is 13.0 Å². The van der Waals surface area contributed by atoms with Crippen molar-refractivity contribution < 1.29 is 18.8 Å². The highest BCUT2D eigenvalue weighted by Gasteiger charge is 2.55. The lowest BCUT2D eigenvalue weighted by molar-refractivity contribution is -0.156. The molecular weight excluding hydrogens is 489 g/mol. The number of β-lactam (4-membered cyclic amide) rings is 1. The number of likely N-dealkylation sites (N-methyl/N-ethyl adjacent to an activating group) is 1. The van der Waals surface area contributed by atoms with Crippen molar-refractivity contribution in [3.8, 4) is 0 Å². The van der Waals surface area contributed by atoms with Gasteiger partial charge in [0.15, 0.2) is 0 Å². The minimum atomic E-state index is -1.05. The van der Waals surface area contributed by atoms with Gasteiger partial charge in [0.2, 0.25) is 5.91 Å². The number of hydrogen-bond donors (Lipinski definition) is 2. The Balaban J connectivity index is 1.61. The van der Waals surface area contributed by atoms with Gasteiger partial charge in [0.1, 0.15) is 17.7 Å². The number of amides is 4. The molecule has 0 spiro atoms. The largest absolute Gasteiger partial charge is 0.384 e. The SMILES string of the molecule is CCC(NC(=O)N1C(=O)[C@H](Cc2cc(C)nc(N)c2)[C@H]1C(=O)N(C)c1cnn(C)c1)c1ccc(C)c(F)c1. The first-order chi connectivity index (χ1) is 18.0. The smallest absolute Gasteiger partial charge is 0.325 e. The molecule has 200 valence electrons. The van der Waals surface area contributed by atoms with Crippen molar-refractivity contribution in [2.75, 3.05) is 17.7 Å². The Morgan fingerprint density at radius 2 is 1.97 bits per heavy atom. The molecule has 2 aromatic heterocycles. The van der Waals surface area contributed by atoms with Crippen LogP contribution in [0.3, 0.4) is 0 Å². The summed E-state index contributed by atoms with van der Waals surface area (Å²) in [7, 11) is 3.31. The van der Waals surface area contributed by atoms with Crippen LogP contribution in [0.4, 0.5) is 20.7 Å². The van der Waals surface area contributed by atoms with Gasteiger partial charge in [-0.3, -0.25) is 19.2 Å². The molecule has 1 aromatic carbocycles. The fourth-order valence-electron chi connectivity index (χ4n) is 4.77. The monoisotopic (exact) mass is 521 g/mol. The first-order valence-electron chi connectivity index (χ1n) is 12.4. The lowest BCUT2D eigenvalue weighted by atomic mass is 9.81. The average Bonchev–Trinajstić information content (AvgIpc) is 3.30. The van der Waals surface area contributed by atoms with E-state index in [1.54, 1.807) is 63.1 Å². The number of nitrogen functional groups attached to an aromatic ring is 1. The number of hydrogen-bond acceptors (Lipinski definition) is 6. The van der Waals surface area contributed by atoms with E-state index in [0.717, 1.165) is 10.5 Å². The number of nitrogens with two attached hydrogens (primary N) is 1. The summed E-state index contributed by atoms with van der Waals surface area (Å²) in [5.74, 6) is -1.74. The molecule has 1 aliphatic rings.